The van der Waals surface area contributed by atoms with Crippen molar-refractivity contribution in [3.63, 3.8) is 0 Å². The normalized spacial score (nSPS) is 11.6. The number of fused-ring (bicyclic) bond motifs is 1. The van der Waals surface area contributed by atoms with Crippen LogP contribution in [0.25, 0.3) is 11.0 Å². The van der Waals surface area contributed by atoms with E-state index in [9.17, 15) is 0 Å². The Kier molecular flexibility index (Phi) is 5.25. The molecule has 0 bridgehead atoms. The number of hydrogen-bond donors (Lipinski definition) is 2. The molecule has 0 fully saturated rings. The lowest BCUT2D eigenvalue weighted by Crippen LogP contribution is -2.19. The van der Waals surface area contributed by atoms with Crippen molar-refractivity contribution in [3.8, 4) is 5.75 Å². The number of ether oxygens (including phenoxy) is 1. The summed E-state index contributed by atoms with van der Waals surface area (Å²) in [5, 5.41) is 3.09. The van der Waals surface area contributed by atoms with E-state index < -0.39 is 0 Å². The predicted octanol–water partition coefficient (Wildman–Crippen LogP) is 5.02. The van der Waals surface area contributed by atoms with Crippen molar-refractivity contribution in [2.75, 3.05) is 12.4 Å². The number of anilines is 1. The standard InChI is InChI=1S/C20H23N3OS2/c1-20(2,3)18-21-14-11-17(24-4)15(22-19(25)26)10-16(14)23(18)12-13-8-6-5-7-9-13/h5-11H,12H2,1-4H3,(H2,22,25,26). The number of thiol groups is 1. The van der Waals surface area contributed by atoms with Crippen molar-refractivity contribution in [1.82, 2.24) is 9.55 Å². The number of hydrogen-bond acceptors (Lipinski definition) is 3. The maximum absolute atomic E-state index is 5.50. The summed E-state index contributed by atoms with van der Waals surface area (Å²) in [6.07, 6.45) is 0. The Labute approximate surface area is 165 Å². The molecule has 0 aliphatic heterocycles. The van der Waals surface area contributed by atoms with Gasteiger partial charge >= 0.3 is 0 Å². The average Bonchev–Trinajstić information content (AvgIpc) is 2.92. The van der Waals surface area contributed by atoms with Gasteiger partial charge in [-0.1, -0.05) is 63.3 Å². The summed E-state index contributed by atoms with van der Waals surface area (Å²) in [5.41, 5.74) is 3.86. The fraction of sp³-hybridized carbons (Fsp3) is 0.300. The Morgan fingerprint density at radius 3 is 2.50 bits per heavy atom. The van der Waals surface area contributed by atoms with E-state index in [1.165, 1.54) is 5.56 Å². The molecule has 4 nitrogen and oxygen atoms in total. The van der Waals surface area contributed by atoms with Crippen molar-refractivity contribution in [2.24, 2.45) is 0 Å². The second kappa shape index (κ2) is 7.29. The second-order valence-electron chi connectivity index (χ2n) is 7.23. The Balaban J connectivity index is 2.22. The summed E-state index contributed by atoms with van der Waals surface area (Å²) >= 11 is 9.27. The summed E-state index contributed by atoms with van der Waals surface area (Å²) < 4.78 is 8.16. The van der Waals surface area contributed by atoms with E-state index in [4.69, 9.17) is 21.9 Å². The summed E-state index contributed by atoms with van der Waals surface area (Å²) in [6, 6.07) is 14.4. The molecule has 2 aromatic carbocycles. The van der Waals surface area contributed by atoms with Gasteiger partial charge in [-0.05, 0) is 11.6 Å². The third kappa shape index (κ3) is 3.86. The van der Waals surface area contributed by atoms with Crippen molar-refractivity contribution < 1.29 is 4.74 Å². The SMILES string of the molecule is COc1cc2nc(C(C)(C)C)n(Cc3ccccc3)c2cc1NC(=S)S. The van der Waals surface area contributed by atoms with E-state index in [1.807, 2.05) is 18.2 Å². The first-order chi connectivity index (χ1) is 12.3. The number of methoxy groups -OCH3 is 1. The molecule has 0 atom stereocenters. The van der Waals surface area contributed by atoms with Crippen LogP contribution in [0.15, 0.2) is 42.5 Å². The highest BCUT2D eigenvalue weighted by Gasteiger charge is 2.24. The molecule has 0 spiro atoms. The third-order valence-corrected chi connectivity index (χ3v) is 4.38. The minimum Gasteiger partial charge on any atom is -0.494 e. The maximum Gasteiger partial charge on any atom is 0.144 e. The topological polar surface area (TPSA) is 39.1 Å². The van der Waals surface area contributed by atoms with Gasteiger partial charge < -0.3 is 14.6 Å². The van der Waals surface area contributed by atoms with Crippen LogP contribution in [0.5, 0.6) is 5.75 Å². The largest absolute Gasteiger partial charge is 0.494 e. The fourth-order valence-electron chi connectivity index (χ4n) is 3.03. The average molecular weight is 386 g/mol. The fourth-order valence-corrected chi connectivity index (χ4v) is 3.26. The first-order valence-corrected chi connectivity index (χ1v) is 9.28. The zero-order valence-corrected chi connectivity index (χ0v) is 17.1. The molecule has 0 aliphatic rings. The monoisotopic (exact) mass is 385 g/mol. The predicted molar refractivity (Wildman–Crippen MR) is 116 cm³/mol. The van der Waals surface area contributed by atoms with Crippen molar-refractivity contribution in [2.45, 2.75) is 32.7 Å². The lowest BCUT2D eigenvalue weighted by atomic mass is 9.95. The number of thiocarbonyl (C=S) groups is 1. The molecule has 1 heterocycles. The number of imidazole rings is 1. The number of nitrogens with zero attached hydrogens (tertiary/aromatic N) is 2. The van der Waals surface area contributed by atoms with E-state index in [0.717, 1.165) is 29.1 Å². The molecule has 136 valence electrons. The highest BCUT2D eigenvalue weighted by Crippen LogP contribution is 2.34. The lowest BCUT2D eigenvalue weighted by Gasteiger charge is -2.20. The van der Waals surface area contributed by atoms with Crippen LogP contribution < -0.4 is 10.1 Å². The Hall–Kier alpha value is -2.05. The maximum atomic E-state index is 5.50. The zero-order valence-electron chi connectivity index (χ0n) is 15.4. The quantitative estimate of drug-likeness (QED) is 0.489. The Morgan fingerprint density at radius 2 is 1.92 bits per heavy atom. The summed E-state index contributed by atoms with van der Waals surface area (Å²) in [7, 11) is 1.64. The first-order valence-electron chi connectivity index (χ1n) is 8.42. The number of rotatable bonds is 4. The van der Waals surface area contributed by atoms with Gasteiger partial charge in [-0.15, -0.1) is 12.6 Å². The first kappa shape index (κ1) is 18.7. The summed E-state index contributed by atoms with van der Waals surface area (Å²) in [4.78, 5) is 4.91. The molecular formula is C20H23N3OS2. The van der Waals surface area contributed by atoms with Crippen LogP contribution in [0.3, 0.4) is 0 Å². The van der Waals surface area contributed by atoms with E-state index >= 15 is 0 Å². The molecule has 0 radical (unpaired) electrons. The van der Waals surface area contributed by atoms with Crippen LogP contribution >= 0.6 is 24.8 Å². The Bertz CT molecular complexity index is 943. The van der Waals surface area contributed by atoms with E-state index in [0.29, 0.717) is 10.1 Å². The molecule has 0 aliphatic carbocycles. The van der Waals surface area contributed by atoms with Gasteiger partial charge in [0, 0.05) is 18.0 Å². The van der Waals surface area contributed by atoms with E-state index in [-0.39, 0.29) is 5.41 Å². The van der Waals surface area contributed by atoms with Gasteiger partial charge in [-0.2, -0.15) is 0 Å². The molecule has 1 N–H and O–H groups in total. The molecule has 26 heavy (non-hydrogen) atoms. The minimum atomic E-state index is -0.0898. The molecule has 0 saturated carbocycles. The smallest absolute Gasteiger partial charge is 0.144 e. The molecule has 0 amide bonds. The third-order valence-electron chi connectivity index (χ3n) is 4.17. The van der Waals surface area contributed by atoms with Gasteiger partial charge in [0.05, 0.1) is 23.8 Å². The Morgan fingerprint density at radius 1 is 1.23 bits per heavy atom. The van der Waals surface area contributed by atoms with Gasteiger partial charge in [0.1, 0.15) is 15.9 Å². The van der Waals surface area contributed by atoms with E-state index in [2.05, 4.69) is 67.5 Å². The van der Waals surface area contributed by atoms with Gasteiger partial charge in [0.25, 0.3) is 0 Å². The summed E-state index contributed by atoms with van der Waals surface area (Å²) in [5.74, 6) is 1.72. The van der Waals surface area contributed by atoms with Gasteiger partial charge in [0.15, 0.2) is 0 Å². The van der Waals surface area contributed by atoms with Crippen molar-refractivity contribution >= 4 is 45.9 Å². The highest BCUT2D eigenvalue weighted by molar-refractivity contribution is 8.11. The van der Waals surface area contributed by atoms with Gasteiger partial charge in [-0.3, -0.25) is 0 Å². The van der Waals surface area contributed by atoms with Crippen LogP contribution in [0.2, 0.25) is 0 Å². The minimum absolute atomic E-state index is 0.0898. The second-order valence-corrected chi connectivity index (χ2v) is 8.39. The van der Waals surface area contributed by atoms with Crippen LogP contribution in [0.4, 0.5) is 5.69 Å². The molecule has 3 aromatic rings. The summed E-state index contributed by atoms with van der Waals surface area (Å²) in [6.45, 7) is 7.28. The van der Waals surface area contributed by atoms with Crippen LogP contribution in [-0.4, -0.2) is 21.0 Å². The lowest BCUT2D eigenvalue weighted by molar-refractivity contribution is 0.417. The molecule has 3 rings (SSSR count). The van der Waals surface area contributed by atoms with Gasteiger partial charge in [0.2, 0.25) is 0 Å². The van der Waals surface area contributed by atoms with Crippen LogP contribution in [-0.2, 0) is 12.0 Å². The number of aromatic nitrogens is 2. The molecule has 0 unspecified atom stereocenters. The number of nitrogens with one attached hydrogen (secondary N) is 1. The molecular weight excluding hydrogens is 362 g/mol. The number of benzene rings is 2. The van der Waals surface area contributed by atoms with Crippen molar-refractivity contribution in [3.05, 3.63) is 53.9 Å². The molecule has 0 saturated heterocycles. The van der Waals surface area contributed by atoms with Gasteiger partial charge in [-0.25, -0.2) is 4.98 Å². The van der Waals surface area contributed by atoms with Crippen LogP contribution in [0, 0.1) is 0 Å². The molecule has 6 heteroatoms. The van der Waals surface area contributed by atoms with Crippen LogP contribution in [0.1, 0.15) is 32.2 Å². The van der Waals surface area contributed by atoms with E-state index in [1.54, 1.807) is 7.11 Å². The zero-order chi connectivity index (χ0) is 18.9. The van der Waals surface area contributed by atoms with Crippen molar-refractivity contribution in [1.29, 1.82) is 0 Å². The molecule has 1 aromatic heterocycles. The highest BCUT2D eigenvalue weighted by atomic mass is 32.1.